The Balaban J connectivity index is 2.19. The fourth-order valence-corrected chi connectivity index (χ4v) is 1.97. The predicted molar refractivity (Wildman–Crippen MR) is 71.4 cm³/mol. The molecule has 0 fully saturated rings. The second-order valence-corrected chi connectivity index (χ2v) is 4.23. The number of hydrogen-bond acceptors (Lipinski definition) is 6. The number of aryl methyl sites for hydroxylation is 1. The van der Waals surface area contributed by atoms with E-state index in [-0.39, 0.29) is 11.4 Å². The minimum absolute atomic E-state index is 0.0576. The standard InChI is InChI=1S/C12H12N6O2/c1-17-6-15-10-8(17)3-4-14-11(10)18-5-7(13)9(16-18)12(19)20-2/h3-6H,13H2,1-2H3. The molecule has 2 N–H and O–H groups in total. The lowest BCUT2D eigenvalue weighted by atomic mass is 10.4. The number of esters is 1. The van der Waals surface area contributed by atoms with Gasteiger partial charge in [0.15, 0.2) is 11.5 Å². The summed E-state index contributed by atoms with van der Waals surface area (Å²) in [6, 6.07) is 1.85. The van der Waals surface area contributed by atoms with E-state index in [0.717, 1.165) is 5.52 Å². The van der Waals surface area contributed by atoms with E-state index in [1.54, 1.807) is 12.5 Å². The number of fused-ring (bicyclic) bond motifs is 1. The minimum Gasteiger partial charge on any atom is -0.464 e. The van der Waals surface area contributed by atoms with Crippen LogP contribution in [0.25, 0.3) is 16.9 Å². The maximum atomic E-state index is 11.5. The van der Waals surface area contributed by atoms with Crippen LogP contribution < -0.4 is 5.73 Å². The number of nitrogen functional groups attached to an aromatic ring is 1. The number of carbonyl (C=O) groups excluding carboxylic acids is 1. The van der Waals surface area contributed by atoms with Gasteiger partial charge in [0, 0.05) is 13.2 Å². The van der Waals surface area contributed by atoms with Crippen molar-refractivity contribution in [2.75, 3.05) is 12.8 Å². The number of hydrogen-bond donors (Lipinski definition) is 1. The maximum absolute atomic E-state index is 11.5. The third-order valence-corrected chi connectivity index (χ3v) is 2.96. The second kappa shape index (κ2) is 4.34. The topological polar surface area (TPSA) is 101 Å². The summed E-state index contributed by atoms with van der Waals surface area (Å²) in [5.41, 5.74) is 7.63. The monoisotopic (exact) mass is 272 g/mol. The summed E-state index contributed by atoms with van der Waals surface area (Å²) in [7, 11) is 3.16. The first kappa shape index (κ1) is 12.2. The molecular formula is C12H12N6O2. The summed E-state index contributed by atoms with van der Waals surface area (Å²) in [6.45, 7) is 0. The number of pyridine rings is 1. The van der Waals surface area contributed by atoms with Crippen LogP contribution in [0.1, 0.15) is 10.5 Å². The molecule has 0 saturated heterocycles. The number of carbonyl (C=O) groups is 1. The number of nitrogens with zero attached hydrogens (tertiary/aromatic N) is 5. The highest BCUT2D eigenvalue weighted by Crippen LogP contribution is 2.20. The largest absolute Gasteiger partial charge is 0.464 e. The molecule has 0 aromatic carbocycles. The van der Waals surface area contributed by atoms with Gasteiger partial charge in [0.1, 0.15) is 5.52 Å². The lowest BCUT2D eigenvalue weighted by Crippen LogP contribution is -2.06. The highest BCUT2D eigenvalue weighted by Gasteiger charge is 2.18. The molecule has 0 aliphatic rings. The summed E-state index contributed by atoms with van der Waals surface area (Å²) in [5, 5.41) is 4.12. The van der Waals surface area contributed by atoms with Crippen molar-refractivity contribution in [1.29, 1.82) is 0 Å². The molecule has 3 rings (SSSR count). The second-order valence-electron chi connectivity index (χ2n) is 4.23. The summed E-state index contributed by atoms with van der Waals surface area (Å²) in [6.07, 6.45) is 4.85. The van der Waals surface area contributed by atoms with Gasteiger partial charge >= 0.3 is 5.97 Å². The SMILES string of the molecule is COC(=O)c1nn(-c2nccc3c2ncn3C)cc1N. The third kappa shape index (κ3) is 1.69. The number of anilines is 1. The number of nitrogens with two attached hydrogens (primary N) is 1. The van der Waals surface area contributed by atoms with E-state index in [1.165, 1.54) is 18.0 Å². The summed E-state index contributed by atoms with van der Waals surface area (Å²) in [4.78, 5) is 20.1. The van der Waals surface area contributed by atoms with Crippen LogP contribution in [0.4, 0.5) is 5.69 Å². The minimum atomic E-state index is -0.588. The molecule has 102 valence electrons. The van der Waals surface area contributed by atoms with E-state index in [4.69, 9.17) is 5.73 Å². The van der Waals surface area contributed by atoms with Gasteiger partial charge in [0.05, 0.1) is 30.8 Å². The van der Waals surface area contributed by atoms with Crippen molar-refractivity contribution >= 4 is 22.7 Å². The van der Waals surface area contributed by atoms with E-state index in [2.05, 4.69) is 19.8 Å². The molecule has 8 nitrogen and oxygen atoms in total. The molecule has 3 aromatic heterocycles. The summed E-state index contributed by atoms with van der Waals surface area (Å²) < 4.78 is 7.92. The van der Waals surface area contributed by atoms with Crippen LogP contribution in [-0.4, -0.2) is 37.4 Å². The average molecular weight is 272 g/mol. The van der Waals surface area contributed by atoms with Crippen molar-refractivity contribution in [2.24, 2.45) is 7.05 Å². The number of ether oxygens (including phenoxy) is 1. The normalized spacial score (nSPS) is 10.9. The average Bonchev–Trinajstić information content (AvgIpc) is 3.02. The van der Waals surface area contributed by atoms with Crippen LogP contribution in [0.2, 0.25) is 0 Å². The molecule has 0 saturated carbocycles. The van der Waals surface area contributed by atoms with Gasteiger partial charge in [-0.1, -0.05) is 0 Å². The van der Waals surface area contributed by atoms with Crippen molar-refractivity contribution in [3.05, 3.63) is 30.5 Å². The van der Waals surface area contributed by atoms with Crippen molar-refractivity contribution in [3.8, 4) is 5.82 Å². The molecule has 0 bridgehead atoms. The Morgan fingerprint density at radius 1 is 1.40 bits per heavy atom. The molecule has 3 aromatic rings. The van der Waals surface area contributed by atoms with Gasteiger partial charge in [-0.25, -0.2) is 19.4 Å². The molecule has 0 spiro atoms. The predicted octanol–water partition coefficient (Wildman–Crippen LogP) is 0.523. The van der Waals surface area contributed by atoms with E-state index >= 15 is 0 Å². The highest BCUT2D eigenvalue weighted by atomic mass is 16.5. The Morgan fingerprint density at radius 3 is 2.95 bits per heavy atom. The van der Waals surface area contributed by atoms with Gasteiger partial charge < -0.3 is 15.0 Å². The zero-order valence-corrected chi connectivity index (χ0v) is 10.9. The van der Waals surface area contributed by atoms with Gasteiger partial charge in [-0.15, -0.1) is 0 Å². The van der Waals surface area contributed by atoms with Crippen LogP contribution in [0, 0.1) is 0 Å². The fraction of sp³-hybridized carbons (Fsp3) is 0.167. The van der Waals surface area contributed by atoms with Crippen molar-refractivity contribution in [2.45, 2.75) is 0 Å². The summed E-state index contributed by atoms with van der Waals surface area (Å²) in [5.74, 6) is -0.0839. The molecule has 0 amide bonds. The molecule has 0 aliphatic heterocycles. The maximum Gasteiger partial charge on any atom is 0.360 e. The molecular weight excluding hydrogens is 260 g/mol. The first-order valence-electron chi connectivity index (χ1n) is 5.81. The quantitative estimate of drug-likeness (QED) is 0.682. The van der Waals surface area contributed by atoms with E-state index in [1.807, 2.05) is 17.7 Å². The van der Waals surface area contributed by atoms with E-state index in [9.17, 15) is 4.79 Å². The Kier molecular flexibility index (Phi) is 2.63. The zero-order valence-electron chi connectivity index (χ0n) is 10.9. The number of rotatable bonds is 2. The van der Waals surface area contributed by atoms with Crippen molar-refractivity contribution in [1.82, 2.24) is 24.3 Å². The summed E-state index contributed by atoms with van der Waals surface area (Å²) >= 11 is 0. The van der Waals surface area contributed by atoms with Gasteiger partial charge in [-0.2, -0.15) is 5.10 Å². The first-order valence-corrected chi connectivity index (χ1v) is 5.81. The van der Waals surface area contributed by atoms with Gasteiger partial charge in [-0.05, 0) is 6.07 Å². The smallest absolute Gasteiger partial charge is 0.360 e. The Bertz CT molecular complexity index is 803. The molecule has 0 aliphatic carbocycles. The number of methoxy groups -OCH3 is 1. The van der Waals surface area contributed by atoms with E-state index < -0.39 is 5.97 Å². The van der Waals surface area contributed by atoms with Crippen LogP contribution in [0.15, 0.2) is 24.8 Å². The number of imidazole rings is 1. The van der Waals surface area contributed by atoms with E-state index in [0.29, 0.717) is 11.3 Å². The molecule has 8 heteroatoms. The zero-order chi connectivity index (χ0) is 14.3. The lowest BCUT2D eigenvalue weighted by Gasteiger charge is -2.01. The molecule has 20 heavy (non-hydrogen) atoms. The van der Waals surface area contributed by atoms with Gasteiger partial charge in [0.2, 0.25) is 0 Å². The molecule has 3 heterocycles. The first-order chi connectivity index (χ1) is 9.61. The Hall–Kier alpha value is -2.90. The molecule has 0 unspecified atom stereocenters. The molecule has 0 radical (unpaired) electrons. The fourth-order valence-electron chi connectivity index (χ4n) is 1.97. The molecule has 0 atom stereocenters. The van der Waals surface area contributed by atoms with Crippen molar-refractivity contribution < 1.29 is 9.53 Å². The highest BCUT2D eigenvalue weighted by molar-refractivity contribution is 5.93. The lowest BCUT2D eigenvalue weighted by molar-refractivity contribution is 0.0594. The van der Waals surface area contributed by atoms with Crippen LogP contribution in [-0.2, 0) is 11.8 Å². The van der Waals surface area contributed by atoms with Crippen LogP contribution in [0.3, 0.4) is 0 Å². The van der Waals surface area contributed by atoms with Crippen LogP contribution in [0.5, 0.6) is 0 Å². The Labute approximate surface area is 113 Å². The van der Waals surface area contributed by atoms with Crippen molar-refractivity contribution in [3.63, 3.8) is 0 Å². The van der Waals surface area contributed by atoms with Gasteiger partial charge in [0.25, 0.3) is 0 Å². The van der Waals surface area contributed by atoms with Gasteiger partial charge in [-0.3, -0.25) is 0 Å². The number of aromatic nitrogens is 5. The van der Waals surface area contributed by atoms with Crippen LogP contribution >= 0.6 is 0 Å². The Morgan fingerprint density at radius 2 is 2.20 bits per heavy atom. The third-order valence-electron chi connectivity index (χ3n) is 2.96.